The molecule has 0 bridgehead atoms. The summed E-state index contributed by atoms with van der Waals surface area (Å²) in [6.45, 7) is 15.8. The van der Waals surface area contributed by atoms with Crippen LogP contribution < -0.4 is 52.1 Å². The van der Waals surface area contributed by atoms with Crippen LogP contribution in [0.25, 0.3) is 83.1 Å². The second kappa shape index (κ2) is 23.4. The summed E-state index contributed by atoms with van der Waals surface area (Å²) >= 11 is 0. The molecule has 494 valence electrons. The van der Waals surface area contributed by atoms with E-state index in [1.165, 1.54) is 4.57 Å². The van der Waals surface area contributed by atoms with E-state index < -0.39 is 162 Å². The van der Waals surface area contributed by atoms with E-state index in [9.17, 15) is 26.0 Å². The predicted octanol–water partition coefficient (Wildman–Crippen LogP) is 21.8. The molecule has 103 heavy (non-hydrogen) atoms. The fraction of sp³-hybridized carbons (Fsp3) is 0.125. The minimum atomic E-state index is -1.62. The van der Waals surface area contributed by atoms with Crippen LogP contribution in [-0.2, 0) is 16.2 Å². The van der Waals surface area contributed by atoms with E-state index in [1.54, 1.807) is 30.3 Å². The highest BCUT2D eigenvalue weighted by Gasteiger charge is 2.52. The first-order valence-electron chi connectivity index (χ1n) is 44.3. The molecule has 0 N–H and O–H groups in total. The Morgan fingerprint density at radius 3 is 1.25 bits per heavy atom. The Bertz CT molecular complexity index is 6990. The molecule has 0 fully saturated rings. The maximum absolute atomic E-state index is 12.1. The van der Waals surface area contributed by atoms with Crippen LogP contribution in [0.15, 0.2) is 303 Å². The van der Waals surface area contributed by atoms with Gasteiger partial charge in [-0.3, -0.25) is 0 Å². The van der Waals surface area contributed by atoms with Crippen LogP contribution in [0, 0.1) is 0 Å². The molecule has 14 aromatic carbocycles. The van der Waals surface area contributed by atoms with Crippen LogP contribution in [0.2, 0.25) is 0 Å². The smallest absolute Gasteiger partial charge is 0.260 e. The molecule has 0 spiro atoms. The number of benzene rings is 14. The Hall–Kier alpha value is -11.8. The molecule has 4 aliphatic rings. The lowest BCUT2D eigenvalue weighted by atomic mass is 9.30. The fourth-order valence-corrected chi connectivity index (χ4v) is 15.7. The molecule has 19 rings (SSSR count). The minimum Gasteiger partial charge on any atom is -0.459 e. The average molecular weight is 1350 g/mol. The lowest BCUT2D eigenvalue weighted by molar-refractivity contribution is 0.467. The number of hydrogen-bond donors (Lipinski definition) is 0. The second-order valence-electron chi connectivity index (χ2n) is 30.1. The Kier molecular flexibility index (Phi) is 10.3. The molecule has 0 radical (unpaired) electrons. The quantitative estimate of drug-likeness (QED) is 0.142. The molecule has 0 aliphatic carbocycles. The van der Waals surface area contributed by atoms with E-state index >= 15 is 0 Å². The Morgan fingerprint density at radius 1 is 0.330 bits per heavy atom. The highest BCUT2D eigenvalue weighted by Crippen LogP contribution is 2.57. The van der Waals surface area contributed by atoms with Gasteiger partial charge in [0, 0.05) is 78.5 Å². The number of aromatic nitrogens is 1. The molecule has 5 nitrogen and oxygen atoms in total. The first-order valence-corrected chi connectivity index (χ1v) is 34.8. The predicted molar refractivity (Wildman–Crippen MR) is 436 cm³/mol. The van der Waals surface area contributed by atoms with Gasteiger partial charge in [0.15, 0.2) is 0 Å². The molecule has 0 atom stereocenters. The van der Waals surface area contributed by atoms with Gasteiger partial charge in [0.2, 0.25) is 0 Å². The van der Waals surface area contributed by atoms with Crippen LogP contribution in [0.5, 0.6) is 23.0 Å². The highest BCUT2D eigenvalue weighted by atomic mass is 16.5. The van der Waals surface area contributed by atoms with Gasteiger partial charge in [0.1, 0.15) is 23.0 Å². The van der Waals surface area contributed by atoms with E-state index in [2.05, 4.69) is 98.7 Å². The van der Waals surface area contributed by atoms with Gasteiger partial charge in [-0.2, -0.15) is 0 Å². The van der Waals surface area contributed by atoms with E-state index in [-0.39, 0.29) is 77.6 Å². The van der Waals surface area contributed by atoms with E-state index in [1.807, 2.05) is 131 Å². The summed E-state index contributed by atoms with van der Waals surface area (Å²) in [6, 6.07) is 48.8. The maximum atomic E-state index is 12.1. The topological polar surface area (TPSA) is 29.9 Å². The van der Waals surface area contributed by atoms with Crippen molar-refractivity contribution in [1.82, 2.24) is 4.57 Å². The Labute approximate surface area is 631 Å². The summed E-state index contributed by atoms with van der Waals surface area (Å²) in [5.74, 6) is -1.32. The van der Waals surface area contributed by atoms with Crippen LogP contribution in [0.1, 0.15) is 105 Å². The van der Waals surface area contributed by atoms with Gasteiger partial charge in [-0.25, -0.2) is 0 Å². The van der Waals surface area contributed by atoms with Crippen molar-refractivity contribution in [3.05, 3.63) is 320 Å². The van der Waals surface area contributed by atoms with Crippen molar-refractivity contribution in [2.75, 3.05) is 9.80 Å². The van der Waals surface area contributed by atoms with E-state index in [0.29, 0.717) is 61.6 Å². The molecule has 15 aromatic rings. The summed E-state index contributed by atoms with van der Waals surface area (Å²) < 4.78 is 209. The summed E-state index contributed by atoms with van der Waals surface area (Å²) in [4.78, 5) is 3.99. The zero-order valence-corrected chi connectivity index (χ0v) is 58.2. The summed E-state index contributed by atoms with van der Waals surface area (Å²) in [5, 5.41) is -0.423. The fourth-order valence-electron chi connectivity index (χ4n) is 15.7. The van der Waals surface area contributed by atoms with Gasteiger partial charge in [0.05, 0.1) is 48.5 Å². The third-order valence-corrected chi connectivity index (χ3v) is 20.7. The zero-order chi connectivity index (χ0) is 86.3. The molecular formula is C96H77B2N3O2. The van der Waals surface area contributed by atoms with Crippen molar-refractivity contribution in [3.63, 3.8) is 0 Å². The largest absolute Gasteiger partial charge is 0.459 e. The first-order chi connectivity index (χ1) is 58.0. The number of ether oxygens (including phenoxy) is 2. The van der Waals surface area contributed by atoms with Crippen LogP contribution in [-0.4, -0.2) is 18.0 Å². The standard InChI is InChI=1S/C96H77B2N3O2/c1-94(2,3)65-52-72(61-34-17-11-18-35-61)91(73(53-65)62-36-19-12-20-37-62)100-80-58-68(99-79-47-28-25-42-70(79)71-44-31-43-69(90(71)99)60-32-15-10-16-33-60)50-51-76(80)98-87-81(100)56-67(96(7,8)9)57-82(87)101(92-74(63-38-21-13-22-39-63)54-66(95(4,5)6)55-75(92)64-40-23-14-24-41-64)83-59-86-89-93(88(83)98)103-85-49-30-27-46-78(85)97(89)77-45-26-29-48-84(77)102-86/h10-59H,1-9H3/i25D,26D,27D,28D,29D,30D,31D,42D,43D,44D,45D,46D,47D,48D,49D,50D,51D,58D,59D. The second-order valence-corrected chi connectivity index (χ2v) is 30.1. The van der Waals surface area contributed by atoms with Crippen molar-refractivity contribution in [2.24, 2.45) is 0 Å². The zero-order valence-electron chi connectivity index (χ0n) is 77.2. The summed E-state index contributed by atoms with van der Waals surface area (Å²) in [6.07, 6.45) is 0. The molecule has 0 amide bonds. The normalized spacial score (nSPS) is 16.0. The molecule has 7 heteroatoms. The lowest BCUT2D eigenvalue weighted by Gasteiger charge is -2.48. The highest BCUT2D eigenvalue weighted by molar-refractivity contribution is 7.03. The lowest BCUT2D eigenvalue weighted by Crippen LogP contribution is -2.65. The van der Waals surface area contributed by atoms with Gasteiger partial charge >= 0.3 is 0 Å². The van der Waals surface area contributed by atoms with Crippen molar-refractivity contribution in [2.45, 2.75) is 78.6 Å². The maximum Gasteiger partial charge on any atom is 0.260 e. The van der Waals surface area contributed by atoms with Crippen molar-refractivity contribution < 1.29 is 35.5 Å². The third kappa shape index (κ3) is 9.90. The number of anilines is 6. The van der Waals surface area contributed by atoms with Gasteiger partial charge < -0.3 is 23.8 Å². The molecule has 4 aliphatic heterocycles. The molecule has 1 aromatic heterocycles. The Morgan fingerprint density at radius 2 is 0.757 bits per heavy atom. The van der Waals surface area contributed by atoms with Crippen LogP contribution in [0.4, 0.5) is 34.1 Å². The molecule has 5 heterocycles. The monoisotopic (exact) mass is 1340 g/mol. The van der Waals surface area contributed by atoms with Gasteiger partial charge in [-0.1, -0.05) is 293 Å². The SMILES string of the molecule is [2H]c1c([2H])c([2H])c2c(c1[2H])Oc1c([2H])c3c(c4c1B2c1c([2H])c([2H])c([2H])c([2H])c1O4)B1c2c(cc(C(C)(C)C)cc2N3c2c(-c3ccccc3)cc(C(C)(C)C)cc2-c2ccccc2)N(c2c(-c3ccccc3)cc(C(C)(C)C)cc2-c2ccccc2)c2c([2H])c(-n3c4c([2H])c([2H])c([2H])c([2H])c4c4c([2H])c([2H])c([2H])c(-c5ccccc5)c43)c([2H])c([2H])c21. The first kappa shape index (κ1) is 45.2. The number of nitrogens with zero attached hydrogens (tertiary/aromatic N) is 3. The van der Waals surface area contributed by atoms with Gasteiger partial charge in [-0.15, -0.1) is 0 Å². The van der Waals surface area contributed by atoms with Gasteiger partial charge in [0.25, 0.3) is 13.4 Å². The van der Waals surface area contributed by atoms with E-state index in [4.69, 9.17) is 9.47 Å². The minimum absolute atomic E-state index is 0.00640. The number of rotatable bonds is 8. The average Bonchev–Trinajstić information content (AvgIpc) is 0.734. The van der Waals surface area contributed by atoms with Gasteiger partial charge in [-0.05, 0) is 155 Å². The summed E-state index contributed by atoms with van der Waals surface area (Å²) in [5.41, 5.74) is 7.13. The molecule has 0 saturated carbocycles. The number of hydrogen-bond acceptors (Lipinski definition) is 4. The van der Waals surface area contributed by atoms with Crippen LogP contribution in [0.3, 0.4) is 0 Å². The van der Waals surface area contributed by atoms with Crippen molar-refractivity contribution in [1.29, 1.82) is 0 Å². The summed E-state index contributed by atoms with van der Waals surface area (Å²) in [7, 11) is 0. The molecule has 0 saturated heterocycles. The van der Waals surface area contributed by atoms with Crippen molar-refractivity contribution in [3.8, 4) is 84.3 Å². The molecular weight excluding hydrogens is 1250 g/mol. The van der Waals surface area contributed by atoms with E-state index in [0.717, 1.165) is 33.4 Å². The van der Waals surface area contributed by atoms with Crippen LogP contribution >= 0.6 is 0 Å². The molecule has 0 unspecified atom stereocenters. The Balaban J connectivity index is 1.11. The number of para-hydroxylation sites is 4. The number of fused-ring (bicyclic) bond motifs is 12. The van der Waals surface area contributed by atoms with Crippen molar-refractivity contribution >= 4 is 102 Å². The third-order valence-electron chi connectivity index (χ3n) is 20.7.